The monoisotopic (exact) mass is 441 g/mol. The van der Waals surface area contributed by atoms with Crippen LogP contribution in [0.15, 0.2) is 81.8 Å². The topological polar surface area (TPSA) is 83.2 Å². The third kappa shape index (κ3) is 5.50. The molecule has 2 aromatic carbocycles. The number of halogens is 2. The van der Waals surface area contributed by atoms with E-state index < -0.39 is 15.7 Å². The maximum Gasteiger partial charge on any atom is 0.206 e. The molecular formula is C22H17ClFN3O2S. The van der Waals surface area contributed by atoms with Gasteiger partial charge in [0.05, 0.1) is 9.79 Å². The first-order chi connectivity index (χ1) is 14.4. The van der Waals surface area contributed by atoms with Crippen LogP contribution in [-0.2, 0) is 22.7 Å². The van der Waals surface area contributed by atoms with Crippen molar-refractivity contribution in [3.05, 3.63) is 89.0 Å². The Hall–Kier alpha value is -3.08. The van der Waals surface area contributed by atoms with Crippen molar-refractivity contribution >= 4 is 27.1 Å². The smallest absolute Gasteiger partial charge is 0.206 e. The Morgan fingerprint density at radius 2 is 1.73 bits per heavy atom. The van der Waals surface area contributed by atoms with Gasteiger partial charge in [-0.15, -0.1) is 0 Å². The number of hydrogen-bond donors (Lipinski definition) is 0. The molecule has 152 valence electrons. The maximum absolute atomic E-state index is 13.5. The van der Waals surface area contributed by atoms with E-state index in [0.717, 1.165) is 29.0 Å². The van der Waals surface area contributed by atoms with E-state index in [1.807, 2.05) is 18.3 Å². The average Bonchev–Trinajstić information content (AvgIpc) is 2.72. The Labute approximate surface area is 179 Å². The van der Waals surface area contributed by atoms with Crippen LogP contribution in [0, 0.1) is 17.3 Å². The summed E-state index contributed by atoms with van der Waals surface area (Å²) in [6.45, 7) is 0. The van der Waals surface area contributed by atoms with Crippen molar-refractivity contribution < 1.29 is 12.8 Å². The summed E-state index contributed by atoms with van der Waals surface area (Å²) in [6.07, 6.45) is 6.90. The highest BCUT2D eigenvalue weighted by Gasteiger charge is 2.19. The molecule has 0 unspecified atom stereocenters. The SMILES string of the molecule is N#CN=C(CCc1ccc(S(=O)(=O)c2cc(F)cc(Cl)c2)cc1)Cc1ccncc1. The molecule has 0 spiro atoms. The number of aryl methyl sites for hydroxylation is 1. The highest BCUT2D eigenvalue weighted by molar-refractivity contribution is 7.91. The predicted molar refractivity (Wildman–Crippen MR) is 113 cm³/mol. The van der Waals surface area contributed by atoms with Gasteiger partial charge in [0.2, 0.25) is 16.0 Å². The fourth-order valence-electron chi connectivity index (χ4n) is 2.93. The van der Waals surface area contributed by atoms with E-state index in [1.165, 1.54) is 18.2 Å². The summed E-state index contributed by atoms with van der Waals surface area (Å²) < 4.78 is 39.0. The van der Waals surface area contributed by atoms with Crippen molar-refractivity contribution in [2.45, 2.75) is 29.1 Å². The lowest BCUT2D eigenvalue weighted by molar-refractivity contribution is 0.591. The van der Waals surface area contributed by atoms with Gasteiger partial charge in [0.25, 0.3) is 0 Å². The van der Waals surface area contributed by atoms with Crippen LogP contribution in [0.25, 0.3) is 0 Å². The number of pyridine rings is 1. The van der Waals surface area contributed by atoms with Crippen LogP contribution in [0.1, 0.15) is 17.5 Å². The maximum atomic E-state index is 13.5. The van der Waals surface area contributed by atoms with Crippen LogP contribution < -0.4 is 0 Å². The molecular weight excluding hydrogens is 425 g/mol. The molecule has 5 nitrogen and oxygen atoms in total. The number of aromatic nitrogens is 1. The predicted octanol–water partition coefficient (Wildman–Crippen LogP) is 4.80. The first-order valence-electron chi connectivity index (χ1n) is 9.02. The zero-order chi connectivity index (χ0) is 21.6. The summed E-state index contributed by atoms with van der Waals surface area (Å²) in [7, 11) is -3.88. The van der Waals surface area contributed by atoms with Crippen molar-refractivity contribution in [2.24, 2.45) is 4.99 Å². The molecule has 0 fully saturated rings. The molecule has 0 amide bonds. The van der Waals surface area contributed by atoms with Crippen molar-refractivity contribution in [3.8, 4) is 6.19 Å². The van der Waals surface area contributed by atoms with Gasteiger partial charge in [0, 0.05) is 29.5 Å². The lowest BCUT2D eigenvalue weighted by atomic mass is 10.0. The Morgan fingerprint density at radius 3 is 2.37 bits per heavy atom. The Kier molecular flexibility index (Phi) is 6.93. The molecule has 0 aliphatic heterocycles. The fourth-order valence-corrected chi connectivity index (χ4v) is 4.54. The first-order valence-corrected chi connectivity index (χ1v) is 10.9. The van der Waals surface area contributed by atoms with Gasteiger partial charge >= 0.3 is 0 Å². The highest BCUT2D eigenvalue weighted by Crippen LogP contribution is 2.25. The van der Waals surface area contributed by atoms with Gasteiger partial charge in [-0.2, -0.15) is 10.3 Å². The number of sulfone groups is 1. The molecule has 0 aliphatic carbocycles. The van der Waals surface area contributed by atoms with Crippen LogP contribution in [0.4, 0.5) is 4.39 Å². The summed E-state index contributed by atoms with van der Waals surface area (Å²) in [5.74, 6) is -0.712. The Morgan fingerprint density at radius 1 is 1.03 bits per heavy atom. The molecule has 8 heteroatoms. The lowest BCUT2D eigenvalue weighted by Gasteiger charge is -2.08. The van der Waals surface area contributed by atoms with E-state index in [2.05, 4.69) is 9.98 Å². The zero-order valence-electron chi connectivity index (χ0n) is 15.8. The molecule has 0 bridgehead atoms. The van der Waals surface area contributed by atoms with Crippen LogP contribution in [0.3, 0.4) is 0 Å². The van der Waals surface area contributed by atoms with Crippen molar-refractivity contribution in [1.29, 1.82) is 5.26 Å². The quantitative estimate of drug-likeness (QED) is 0.389. The normalized spacial score (nSPS) is 11.8. The summed E-state index contributed by atoms with van der Waals surface area (Å²) in [5.41, 5.74) is 2.63. The molecule has 3 aromatic rings. The van der Waals surface area contributed by atoms with Gasteiger partial charge in [0.1, 0.15) is 5.82 Å². The van der Waals surface area contributed by atoms with Crippen molar-refractivity contribution in [1.82, 2.24) is 4.98 Å². The largest absolute Gasteiger partial charge is 0.265 e. The molecule has 1 aromatic heterocycles. The second kappa shape index (κ2) is 9.61. The van der Waals surface area contributed by atoms with Crippen molar-refractivity contribution in [3.63, 3.8) is 0 Å². The number of nitrogens with zero attached hydrogens (tertiary/aromatic N) is 3. The zero-order valence-corrected chi connectivity index (χ0v) is 17.4. The van der Waals surface area contributed by atoms with E-state index in [-0.39, 0.29) is 14.8 Å². The standard InChI is InChI=1S/C22H17ClFN3O2S/c23-18-12-19(24)14-22(13-18)30(28,29)21-5-2-16(3-6-21)1-4-20(27-15-25)11-17-7-9-26-10-8-17/h2-3,5-10,12-14H,1,4,11H2. The van der Waals surface area contributed by atoms with Crippen LogP contribution in [-0.4, -0.2) is 19.1 Å². The Bertz CT molecular complexity index is 1190. The van der Waals surface area contributed by atoms with Gasteiger partial charge in [-0.25, -0.2) is 12.8 Å². The van der Waals surface area contributed by atoms with E-state index >= 15 is 0 Å². The number of hydrogen-bond acceptors (Lipinski definition) is 5. The summed E-state index contributed by atoms with van der Waals surface area (Å²) in [4.78, 5) is 7.73. The van der Waals surface area contributed by atoms with Crippen LogP contribution >= 0.6 is 11.6 Å². The second-order valence-electron chi connectivity index (χ2n) is 6.56. The molecule has 30 heavy (non-hydrogen) atoms. The van der Waals surface area contributed by atoms with E-state index in [0.29, 0.717) is 19.3 Å². The van der Waals surface area contributed by atoms with Gasteiger partial charge in [0.15, 0.2) is 0 Å². The molecule has 0 aliphatic rings. The van der Waals surface area contributed by atoms with E-state index in [1.54, 1.807) is 24.5 Å². The van der Waals surface area contributed by atoms with E-state index in [9.17, 15) is 12.8 Å². The van der Waals surface area contributed by atoms with Gasteiger partial charge < -0.3 is 0 Å². The minimum atomic E-state index is -3.88. The molecule has 0 saturated carbocycles. The fraction of sp³-hybridized carbons (Fsp3) is 0.136. The molecule has 3 rings (SSSR count). The van der Waals surface area contributed by atoms with Gasteiger partial charge in [-0.05, 0) is 66.4 Å². The average molecular weight is 442 g/mol. The molecule has 0 atom stereocenters. The third-order valence-corrected chi connectivity index (χ3v) is 6.42. The van der Waals surface area contributed by atoms with Crippen LogP contribution in [0.2, 0.25) is 5.02 Å². The molecule has 0 N–H and O–H groups in total. The van der Waals surface area contributed by atoms with Crippen LogP contribution in [0.5, 0.6) is 0 Å². The number of benzene rings is 2. The lowest BCUT2D eigenvalue weighted by Crippen LogP contribution is -2.06. The number of nitriles is 1. The molecule has 0 radical (unpaired) electrons. The van der Waals surface area contributed by atoms with Crippen molar-refractivity contribution in [2.75, 3.05) is 0 Å². The van der Waals surface area contributed by atoms with Gasteiger partial charge in [-0.1, -0.05) is 23.7 Å². The summed E-state index contributed by atoms with van der Waals surface area (Å²) in [5, 5.41) is 8.95. The van der Waals surface area contributed by atoms with Gasteiger partial charge in [-0.3, -0.25) is 4.98 Å². The minimum Gasteiger partial charge on any atom is -0.265 e. The highest BCUT2D eigenvalue weighted by atomic mass is 35.5. The first kappa shape index (κ1) is 21.6. The number of aliphatic imine (C=N–C) groups is 1. The molecule has 0 saturated heterocycles. The number of rotatable bonds is 7. The summed E-state index contributed by atoms with van der Waals surface area (Å²) in [6, 6.07) is 13.3. The minimum absolute atomic E-state index is 0.0173. The third-order valence-electron chi connectivity index (χ3n) is 4.45. The van der Waals surface area contributed by atoms with E-state index in [4.69, 9.17) is 16.9 Å². The summed E-state index contributed by atoms with van der Waals surface area (Å²) >= 11 is 5.78. The molecule has 1 heterocycles. The second-order valence-corrected chi connectivity index (χ2v) is 8.95. The Balaban J connectivity index is 1.72.